The van der Waals surface area contributed by atoms with Gasteiger partial charge in [-0.2, -0.15) is 0 Å². The molecule has 2 aromatic heterocycles. The van der Waals surface area contributed by atoms with Gasteiger partial charge in [0.05, 0.1) is 16.8 Å². The van der Waals surface area contributed by atoms with Crippen LogP contribution in [0.25, 0.3) is 10.9 Å². The molecule has 0 bridgehead atoms. The summed E-state index contributed by atoms with van der Waals surface area (Å²) in [4.78, 5) is 42.0. The van der Waals surface area contributed by atoms with Crippen LogP contribution in [-0.4, -0.2) is 71.1 Å². The summed E-state index contributed by atoms with van der Waals surface area (Å²) in [6.45, 7) is 4.09. The van der Waals surface area contributed by atoms with E-state index in [1.165, 1.54) is 11.9 Å². The molecule has 1 fully saturated rings. The first-order valence-electron chi connectivity index (χ1n) is 13.7. The number of aromatic hydroxyl groups is 1. The lowest BCUT2D eigenvalue weighted by molar-refractivity contribution is 0.102. The Hall–Kier alpha value is -5.28. The minimum Gasteiger partial charge on any atom is -0.494 e. The van der Waals surface area contributed by atoms with Crippen LogP contribution in [0.3, 0.4) is 0 Å². The largest absolute Gasteiger partial charge is 0.494 e. The van der Waals surface area contributed by atoms with Crippen molar-refractivity contribution < 1.29 is 14.7 Å². The standard InChI is InChI=1S/C33H30N6O3/c1-38-14-16-39(17-15-38)27-10-8-25(9-11-27)35-21-29-28-12-7-23(19-30(28)37-33(29)42)31(40)22-4-2-6-26(18-22)36-32(41)24-5-3-13-34-20-24/h2-13,18-21,37,42H,14-17H2,1H3,(H,36,41). The van der Waals surface area contributed by atoms with Crippen LogP contribution in [0.5, 0.6) is 5.88 Å². The number of piperazine rings is 1. The van der Waals surface area contributed by atoms with E-state index in [9.17, 15) is 14.7 Å². The van der Waals surface area contributed by atoms with E-state index in [1.54, 1.807) is 67.0 Å². The zero-order chi connectivity index (χ0) is 29.1. The van der Waals surface area contributed by atoms with Crippen molar-refractivity contribution >= 4 is 45.9 Å². The number of anilines is 2. The number of ketones is 1. The highest BCUT2D eigenvalue weighted by molar-refractivity contribution is 6.13. The van der Waals surface area contributed by atoms with Crippen LogP contribution in [0.1, 0.15) is 31.8 Å². The van der Waals surface area contributed by atoms with Crippen LogP contribution in [0.2, 0.25) is 0 Å². The summed E-state index contributed by atoms with van der Waals surface area (Å²) in [6.07, 6.45) is 4.71. The Morgan fingerprint density at radius 3 is 2.45 bits per heavy atom. The summed E-state index contributed by atoms with van der Waals surface area (Å²) in [6, 6.07) is 23.5. The summed E-state index contributed by atoms with van der Waals surface area (Å²) >= 11 is 0. The molecule has 9 nitrogen and oxygen atoms in total. The van der Waals surface area contributed by atoms with E-state index in [2.05, 4.69) is 49.3 Å². The van der Waals surface area contributed by atoms with E-state index in [4.69, 9.17) is 0 Å². The van der Waals surface area contributed by atoms with E-state index in [0.717, 1.165) is 37.3 Å². The van der Waals surface area contributed by atoms with Crippen molar-refractivity contribution in [1.29, 1.82) is 0 Å². The Morgan fingerprint density at radius 2 is 1.69 bits per heavy atom. The summed E-state index contributed by atoms with van der Waals surface area (Å²) < 4.78 is 0. The van der Waals surface area contributed by atoms with Crippen LogP contribution in [0, 0.1) is 0 Å². The quantitative estimate of drug-likeness (QED) is 0.186. The minimum absolute atomic E-state index is 0.0208. The maximum atomic E-state index is 13.3. The van der Waals surface area contributed by atoms with Gasteiger partial charge in [0, 0.05) is 78.2 Å². The Labute approximate surface area is 243 Å². The number of aromatic amines is 1. The second-order valence-electron chi connectivity index (χ2n) is 10.3. The van der Waals surface area contributed by atoms with Crippen molar-refractivity contribution in [1.82, 2.24) is 14.9 Å². The highest BCUT2D eigenvalue weighted by Gasteiger charge is 2.16. The Kier molecular flexibility index (Phi) is 7.49. The van der Waals surface area contributed by atoms with Crippen molar-refractivity contribution in [2.75, 3.05) is 43.4 Å². The number of aliphatic imine (C=N–C) groups is 1. The predicted octanol–water partition coefficient (Wildman–Crippen LogP) is 5.25. The van der Waals surface area contributed by atoms with Gasteiger partial charge in [-0.15, -0.1) is 0 Å². The second-order valence-corrected chi connectivity index (χ2v) is 10.3. The van der Waals surface area contributed by atoms with Gasteiger partial charge in [-0.05, 0) is 61.6 Å². The monoisotopic (exact) mass is 558 g/mol. The number of pyridine rings is 1. The minimum atomic E-state index is -0.309. The van der Waals surface area contributed by atoms with Gasteiger partial charge in [0.15, 0.2) is 11.7 Å². The molecule has 5 aromatic rings. The molecule has 0 aliphatic carbocycles. The summed E-state index contributed by atoms with van der Waals surface area (Å²) in [5, 5.41) is 14.2. The van der Waals surface area contributed by atoms with Gasteiger partial charge in [-0.3, -0.25) is 19.6 Å². The third-order valence-electron chi connectivity index (χ3n) is 7.45. The molecule has 0 radical (unpaired) electrons. The fourth-order valence-electron chi connectivity index (χ4n) is 5.04. The van der Waals surface area contributed by atoms with E-state index in [1.807, 2.05) is 12.1 Å². The van der Waals surface area contributed by atoms with Gasteiger partial charge in [-0.1, -0.05) is 24.3 Å². The number of carbonyl (C=O) groups is 2. The number of likely N-dealkylation sites (N-methyl/N-ethyl adjacent to an activating group) is 1. The zero-order valence-electron chi connectivity index (χ0n) is 23.1. The van der Waals surface area contributed by atoms with Crippen LogP contribution in [-0.2, 0) is 0 Å². The Bertz CT molecular complexity index is 1770. The number of nitrogens with zero attached hydrogens (tertiary/aromatic N) is 4. The van der Waals surface area contributed by atoms with Gasteiger partial charge < -0.3 is 25.2 Å². The number of aromatic nitrogens is 2. The first-order valence-corrected chi connectivity index (χ1v) is 13.7. The van der Waals surface area contributed by atoms with Crippen molar-refractivity contribution in [2.24, 2.45) is 4.99 Å². The summed E-state index contributed by atoms with van der Waals surface area (Å²) in [5.41, 5.74) is 4.92. The molecule has 0 unspecified atom stereocenters. The lowest BCUT2D eigenvalue weighted by atomic mass is 10.0. The van der Waals surface area contributed by atoms with Crippen molar-refractivity contribution in [3.05, 3.63) is 114 Å². The molecule has 0 atom stereocenters. The van der Waals surface area contributed by atoms with E-state index < -0.39 is 0 Å². The molecule has 0 saturated carbocycles. The van der Waals surface area contributed by atoms with Gasteiger partial charge in [0.1, 0.15) is 0 Å². The number of hydrogen-bond acceptors (Lipinski definition) is 7. The highest BCUT2D eigenvalue weighted by Crippen LogP contribution is 2.29. The molecule has 1 aliphatic rings. The van der Waals surface area contributed by atoms with Crippen LogP contribution >= 0.6 is 0 Å². The summed E-state index contributed by atoms with van der Waals surface area (Å²) in [5.74, 6) is -0.539. The van der Waals surface area contributed by atoms with Gasteiger partial charge in [-0.25, -0.2) is 0 Å². The number of hydrogen-bond donors (Lipinski definition) is 3. The third-order valence-corrected chi connectivity index (χ3v) is 7.45. The van der Waals surface area contributed by atoms with E-state index in [-0.39, 0.29) is 17.6 Å². The van der Waals surface area contributed by atoms with Crippen molar-refractivity contribution in [2.45, 2.75) is 0 Å². The van der Waals surface area contributed by atoms with Gasteiger partial charge >= 0.3 is 0 Å². The smallest absolute Gasteiger partial charge is 0.257 e. The molecule has 3 heterocycles. The second kappa shape index (κ2) is 11.7. The number of fused-ring (bicyclic) bond motifs is 1. The van der Waals surface area contributed by atoms with Crippen LogP contribution in [0.4, 0.5) is 17.1 Å². The lowest BCUT2D eigenvalue weighted by Crippen LogP contribution is -2.44. The third kappa shape index (κ3) is 5.77. The topological polar surface area (TPSA) is 114 Å². The number of nitrogens with one attached hydrogen (secondary N) is 2. The van der Waals surface area contributed by atoms with Gasteiger partial charge in [0.2, 0.25) is 0 Å². The Balaban J connectivity index is 1.17. The molecule has 210 valence electrons. The fourth-order valence-corrected chi connectivity index (χ4v) is 5.04. The van der Waals surface area contributed by atoms with Gasteiger partial charge in [0.25, 0.3) is 5.91 Å². The molecular weight excluding hydrogens is 528 g/mol. The molecule has 6 rings (SSSR count). The Morgan fingerprint density at radius 1 is 0.929 bits per heavy atom. The SMILES string of the molecule is CN1CCN(c2ccc(N=Cc3c(O)[nH]c4cc(C(=O)c5cccc(NC(=O)c6cccnc6)c5)ccc34)cc2)CC1. The first kappa shape index (κ1) is 26.9. The van der Waals surface area contributed by atoms with Crippen molar-refractivity contribution in [3.8, 4) is 5.88 Å². The average molecular weight is 559 g/mol. The van der Waals surface area contributed by atoms with E-state index in [0.29, 0.717) is 33.5 Å². The average Bonchev–Trinajstić information content (AvgIpc) is 3.34. The zero-order valence-corrected chi connectivity index (χ0v) is 23.1. The van der Waals surface area contributed by atoms with E-state index >= 15 is 0 Å². The molecular formula is C33H30N6O3. The molecule has 1 amide bonds. The number of H-pyrrole nitrogens is 1. The van der Waals surface area contributed by atoms with Crippen LogP contribution < -0.4 is 10.2 Å². The molecule has 3 aromatic carbocycles. The summed E-state index contributed by atoms with van der Waals surface area (Å²) in [7, 11) is 2.14. The van der Waals surface area contributed by atoms with Crippen molar-refractivity contribution in [3.63, 3.8) is 0 Å². The number of amides is 1. The molecule has 0 spiro atoms. The maximum Gasteiger partial charge on any atom is 0.257 e. The number of rotatable bonds is 7. The molecule has 42 heavy (non-hydrogen) atoms. The molecule has 3 N–H and O–H groups in total. The number of carbonyl (C=O) groups excluding carboxylic acids is 2. The molecule has 9 heteroatoms. The normalized spacial score (nSPS) is 14.0. The van der Waals surface area contributed by atoms with Crippen LogP contribution in [0.15, 0.2) is 96.2 Å². The first-order chi connectivity index (χ1) is 20.4. The molecule has 1 aliphatic heterocycles. The highest BCUT2D eigenvalue weighted by atomic mass is 16.3. The maximum absolute atomic E-state index is 13.3. The molecule has 1 saturated heterocycles. The lowest BCUT2D eigenvalue weighted by Gasteiger charge is -2.34. The fraction of sp³-hybridized carbons (Fsp3) is 0.152. The number of benzene rings is 3. The predicted molar refractivity (Wildman–Crippen MR) is 165 cm³/mol.